The summed E-state index contributed by atoms with van der Waals surface area (Å²) >= 11 is 0. The van der Waals surface area contributed by atoms with E-state index in [0.717, 1.165) is 11.1 Å². The van der Waals surface area contributed by atoms with Gasteiger partial charge in [0, 0.05) is 17.7 Å². The summed E-state index contributed by atoms with van der Waals surface area (Å²) in [5.74, 6) is 2.69. The average molecular weight is 322 g/mol. The highest BCUT2D eigenvalue weighted by molar-refractivity contribution is 5.50. The number of benzene rings is 3. The van der Waals surface area contributed by atoms with Crippen LogP contribution in [0.4, 0.5) is 0 Å². The van der Waals surface area contributed by atoms with Gasteiger partial charge >= 0.3 is 0 Å². The lowest BCUT2D eigenvalue weighted by molar-refractivity contribution is 0.439. The molecule has 0 aliphatic carbocycles. The minimum Gasteiger partial charge on any atom is -0.508 e. The molecule has 0 saturated carbocycles. The fourth-order valence-electron chi connectivity index (χ4n) is 2.35. The second-order valence-corrected chi connectivity index (χ2v) is 5.59. The molecule has 0 radical (unpaired) electrons. The van der Waals surface area contributed by atoms with Crippen LogP contribution in [0.2, 0.25) is 0 Å². The van der Waals surface area contributed by atoms with Crippen molar-refractivity contribution in [3.05, 3.63) is 71.8 Å². The minimum atomic E-state index is 0.147. The van der Waals surface area contributed by atoms with Gasteiger partial charge in [0.1, 0.15) is 34.5 Å². The lowest BCUT2D eigenvalue weighted by atomic mass is 10.1. The van der Waals surface area contributed by atoms with Crippen molar-refractivity contribution in [2.24, 2.45) is 0 Å². The fraction of sp³-hybridized carbons (Fsp3) is 0.100. The maximum atomic E-state index is 9.56. The van der Waals surface area contributed by atoms with Gasteiger partial charge in [-0.2, -0.15) is 0 Å². The third kappa shape index (κ3) is 3.60. The highest BCUT2D eigenvalue weighted by Crippen LogP contribution is 2.36. The lowest BCUT2D eigenvalue weighted by Gasteiger charge is -2.15. The fourth-order valence-corrected chi connectivity index (χ4v) is 2.35. The molecule has 2 N–H and O–H groups in total. The first kappa shape index (κ1) is 15.7. The number of rotatable bonds is 4. The van der Waals surface area contributed by atoms with Gasteiger partial charge in [0.2, 0.25) is 0 Å². The van der Waals surface area contributed by atoms with Crippen molar-refractivity contribution in [2.45, 2.75) is 13.8 Å². The summed E-state index contributed by atoms with van der Waals surface area (Å²) in [7, 11) is 0. The molecule has 4 heteroatoms. The maximum Gasteiger partial charge on any atom is 0.134 e. The molecule has 0 fully saturated rings. The first-order valence-corrected chi connectivity index (χ1v) is 7.56. The van der Waals surface area contributed by atoms with Crippen molar-refractivity contribution in [1.82, 2.24) is 0 Å². The molecule has 0 aliphatic heterocycles. The number of hydrogen-bond donors (Lipinski definition) is 2. The van der Waals surface area contributed by atoms with Crippen molar-refractivity contribution < 1.29 is 19.7 Å². The predicted octanol–water partition coefficient (Wildman–Crippen LogP) is 5.30. The first-order valence-electron chi connectivity index (χ1n) is 7.56. The van der Waals surface area contributed by atoms with E-state index in [0.29, 0.717) is 23.0 Å². The number of ether oxygens (including phenoxy) is 2. The molecule has 0 spiro atoms. The minimum absolute atomic E-state index is 0.147. The van der Waals surface area contributed by atoms with Crippen LogP contribution in [-0.4, -0.2) is 10.2 Å². The second kappa shape index (κ2) is 6.54. The standard InChI is InChI=1S/C20H18O4/c1-13-9-19(23-17-7-3-5-15(21)11-17)14(2)20(10-13)24-18-8-4-6-16(22)12-18/h3-12,21-22H,1-2H3. The van der Waals surface area contributed by atoms with E-state index >= 15 is 0 Å². The van der Waals surface area contributed by atoms with E-state index in [9.17, 15) is 10.2 Å². The molecule has 0 aliphatic rings. The van der Waals surface area contributed by atoms with Crippen LogP contribution in [-0.2, 0) is 0 Å². The molecule has 3 aromatic rings. The zero-order valence-electron chi connectivity index (χ0n) is 13.5. The topological polar surface area (TPSA) is 58.9 Å². The van der Waals surface area contributed by atoms with Gasteiger partial charge in [-0.25, -0.2) is 0 Å². The SMILES string of the molecule is Cc1cc(Oc2cccc(O)c2)c(C)c(Oc2cccc(O)c2)c1. The van der Waals surface area contributed by atoms with E-state index in [-0.39, 0.29) is 11.5 Å². The molecule has 0 heterocycles. The molecule has 0 unspecified atom stereocenters. The molecular weight excluding hydrogens is 304 g/mol. The summed E-state index contributed by atoms with van der Waals surface area (Å²) in [6.07, 6.45) is 0. The molecule has 4 nitrogen and oxygen atoms in total. The van der Waals surface area contributed by atoms with Gasteiger partial charge in [-0.15, -0.1) is 0 Å². The van der Waals surface area contributed by atoms with Gasteiger partial charge in [0.05, 0.1) is 0 Å². The van der Waals surface area contributed by atoms with Gasteiger partial charge in [-0.3, -0.25) is 0 Å². The van der Waals surface area contributed by atoms with Crippen molar-refractivity contribution in [1.29, 1.82) is 0 Å². The van der Waals surface area contributed by atoms with Crippen molar-refractivity contribution in [3.63, 3.8) is 0 Å². The molecule has 0 atom stereocenters. The zero-order valence-corrected chi connectivity index (χ0v) is 13.5. The smallest absolute Gasteiger partial charge is 0.134 e. The maximum absolute atomic E-state index is 9.56. The van der Waals surface area contributed by atoms with Crippen LogP contribution in [0.3, 0.4) is 0 Å². The normalized spacial score (nSPS) is 10.4. The average Bonchev–Trinajstić information content (AvgIpc) is 2.52. The van der Waals surface area contributed by atoms with E-state index in [1.54, 1.807) is 48.5 Å². The Labute approximate surface area is 140 Å². The number of phenols is 2. The van der Waals surface area contributed by atoms with E-state index in [4.69, 9.17) is 9.47 Å². The van der Waals surface area contributed by atoms with E-state index in [2.05, 4.69) is 0 Å². The highest BCUT2D eigenvalue weighted by Gasteiger charge is 2.11. The van der Waals surface area contributed by atoms with Crippen LogP contribution in [0.15, 0.2) is 60.7 Å². The molecule has 24 heavy (non-hydrogen) atoms. The third-order valence-electron chi connectivity index (χ3n) is 3.55. The van der Waals surface area contributed by atoms with E-state index < -0.39 is 0 Å². The Morgan fingerprint density at radius 2 is 1.12 bits per heavy atom. The van der Waals surface area contributed by atoms with Crippen molar-refractivity contribution in [2.75, 3.05) is 0 Å². The Morgan fingerprint density at radius 3 is 1.54 bits per heavy atom. The Morgan fingerprint density at radius 1 is 0.667 bits per heavy atom. The molecule has 0 amide bonds. The molecular formula is C20H18O4. The summed E-state index contributed by atoms with van der Waals surface area (Å²) in [6.45, 7) is 3.85. The van der Waals surface area contributed by atoms with Crippen LogP contribution in [0.5, 0.6) is 34.5 Å². The zero-order chi connectivity index (χ0) is 17.1. The summed E-state index contributed by atoms with van der Waals surface area (Å²) in [6, 6.07) is 17.1. The van der Waals surface area contributed by atoms with Gasteiger partial charge in [0.15, 0.2) is 0 Å². The number of phenolic OH excluding ortho intramolecular Hbond substituents is 2. The van der Waals surface area contributed by atoms with Gasteiger partial charge < -0.3 is 19.7 Å². The Hall–Kier alpha value is -3.14. The number of aryl methyl sites for hydroxylation is 1. The van der Waals surface area contributed by atoms with E-state index in [1.165, 1.54) is 0 Å². The van der Waals surface area contributed by atoms with Crippen molar-refractivity contribution in [3.8, 4) is 34.5 Å². The highest BCUT2D eigenvalue weighted by atomic mass is 16.5. The Bertz CT molecular complexity index is 803. The van der Waals surface area contributed by atoms with Crippen LogP contribution in [0.1, 0.15) is 11.1 Å². The van der Waals surface area contributed by atoms with Gasteiger partial charge in [0.25, 0.3) is 0 Å². The monoisotopic (exact) mass is 322 g/mol. The molecule has 3 rings (SSSR count). The molecule has 0 aromatic heterocycles. The van der Waals surface area contributed by atoms with Crippen LogP contribution in [0, 0.1) is 13.8 Å². The van der Waals surface area contributed by atoms with Crippen LogP contribution >= 0.6 is 0 Å². The summed E-state index contributed by atoms with van der Waals surface area (Å²) in [5, 5.41) is 19.1. The Kier molecular flexibility index (Phi) is 4.29. The first-order chi connectivity index (χ1) is 11.5. The quantitative estimate of drug-likeness (QED) is 0.684. The largest absolute Gasteiger partial charge is 0.508 e. The molecule has 0 bridgehead atoms. The summed E-state index contributed by atoms with van der Waals surface area (Å²) in [4.78, 5) is 0. The predicted molar refractivity (Wildman–Crippen MR) is 92.3 cm³/mol. The van der Waals surface area contributed by atoms with Crippen molar-refractivity contribution >= 4 is 0 Å². The third-order valence-corrected chi connectivity index (χ3v) is 3.55. The van der Waals surface area contributed by atoms with E-state index in [1.807, 2.05) is 26.0 Å². The summed E-state index contributed by atoms with van der Waals surface area (Å²) < 4.78 is 11.8. The lowest BCUT2D eigenvalue weighted by Crippen LogP contribution is -1.93. The van der Waals surface area contributed by atoms with Crippen LogP contribution in [0.25, 0.3) is 0 Å². The number of aromatic hydroxyl groups is 2. The van der Waals surface area contributed by atoms with Crippen LogP contribution < -0.4 is 9.47 Å². The molecule has 122 valence electrons. The van der Waals surface area contributed by atoms with Gasteiger partial charge in [-0.05, 0) is 55.8 Å². The molecule has 3 aromatic carbocycles. The second-order valence-electron chi connectivity index (χ2n) is 5.59. The molecule has 0 saturated heterocycles. The van der Waals surface area contributed by atoms with Gasteiger partial charge in [-0.1, -0.05) is 12.1 Å². The Balaban J connectivity index is 1.92. The number of hydrogen-bond acceptors (Lipinski definition) is 4. The summed E-state index contributed by atoms with van der Waals surface area (Å²) in [5.41, 5.74) is 1.80.